The molecule has 0 saturated carbocycles. The molecule has 0 aliphatic carbocycles. The first-order chi connectivity index (χ1) is 9.04. The van der Waals surface area contributed by atoms with E-state index >= 15 is 0 Å². The number of nitrogen functional groups attached to an aromatic ring is 1. The minimum atomic E-state index is -0.000926. The van der Waals surface area contributed by atoms with Crippen LogP contribution in [0.15, 0.2) is 18.5 Å². The maximum absolute atomic E-state index is 12.4. The van der Waals surface area contributed by atoms with Gasteiger partial charge in [-0.15, -0.1) is 11.3 Å². The SMILES string of the molecule is CCC(C)CN(C)C(=O)c1sc2cnccc2c1N. The zero-order valence-electron chi connectivity index (χ0n) is 11.5. The summed E-state index contributed by atoms with van der Waals surface area (Å²) in [6, 6.07) is 1.85. The molecular weight excluding hydrogens is 258 g/mol. The first-order valence-corrected chi connectivity index (χ1v) is 7.23. The molecule has 0 saturated heterocycles. The number of rotatable bonds is 4. The van der Waals surface area contributed by atoms with Crippen molar-refractivity contribution in [3.63, 3.8) is 0 Å². The quantitative estimate of drug-likeness (QED) is 0.934. The molecular formula is C14H19N3OS. The van der Waals surface area contributed by atoms with Crippen molar-refractivity contribution in [3.8, 4) is 0 Å². The molecule has 1 atom stereocenters. The van der Waals surface area contributed by atoms with E-state index in [1.54, 1.807) is 17.3 Å². The molecule has 0 fully saturated rings. The van der Waals surface area contributed by atoms with Gasteiger partial charge >= 0.3 is 0 Å². The second kappa shape index (κ2) is 5.57. The van der Waals surface area contributed by atoms with Crippen LogP contribution in [0, 0.1) is 5.92 Å². The number of fused-ring (bicyclic) bond motifs is 1. The lowest BCUT2D eigenvalue weighted by Crippen LogP contribution is -2.30. The Balaban J connectivity index is 2.28. The van der Waals surface area contributed by atoms with E-state index in [0.29, 0.717) is 16.5 Å². The van der Waals surface area contributed by atoms with Crippen molar-refractivity contribution in [3.05, 3.63) is 23.3 Å². The smallest absolute Gasteiger partial charge is 0.265 e. The number of hydrogen-bond acceptors (Lipinski definition) is 4. The van der Waals surface area contributed by atoms with Crippen LogP contribution in [0.2, 0.25) is 0 Å². The minimum absolute atomic E-state index is 0.000926. The van der Waals surface area contributed by atoms with Gasteiger partial charge in [0.05, 0.1) is 10.4 Å². The molecule has 0 aliphatic heterocycles. The van der Waals surface area contributed by atoms with Gasteiger partial charge in [0, 0.05) is 31.4 Å². The zero-order chi connectivity index (χ0) is 14.0. The Labute approximate surface area is 117 Å². The van der Waals surface area contributed by atoms with Crippen molar-refractivity contribution < 1.29 is 4.79 Å². The van der Waals surface area contributed by atoms with Crippen molar-refractivity contribution in [1.29, 1.82) is 0 Å². The molecule has 0 spiro atoms. The van der Waals surface area contributed by atoms with Crippen molar-refractivity contribution >= 4 is 33.0 Å². The number of aromatic nitrogens is 1. The zero-order valence-corrected chi connectivity index (χ0v) is 12.3. The summed E-state index contributed by atoms with van der Waals surface area (Å²) in [5, 5.41) is 0.917. The van der Waals surface area contributed by atoms with Crippen LogP contribution in [0.5, 0.6) is 0 Å². The number of nitrogens with two attached hydrogens (primary N) is 1. The van der Waals surface area contributed by atoms with Gasteiger partial charge in [-0.2, -0.15) is 0 Å². The predicted molar refractivity (Wildman–Crippen MR) is 80.4 cm³/mol. The molecule has 2 rings (SSSR count). The normalized spacial score (nSPS) is 12.6. The van der Waals surface area contributed by atoms with Gasteiger partial charge in [0.1, 0.15) is 4.88 Å². The van der Waals surface area contributed by atoms with E-state index in [-0.39, 0.29) is 5.91 Å². The molecule has 2 N–H and O–H groups in total. The van der Waals surface area contributed by atoms with Crippen molar-refractivity contribution in [2.45, 2.75) is 20.3 Å². The van der Waals surface area contributed by atoms with E-state index in [4.69, 9.17) is 5.73 Å². The molecule has 0 aromatic carbocycles. The van der Waals surface area contributed by atoms with E-state index in [2.05, 4.69) is 18.8 Å². The first kappa shape index (κ1) is 13.8. The average Bonchev–Trinajstić information content (AvgIpc) is 2.75. The molecule has 0 radical (unpaired) electrons. The summed E-state index contributed by atoms with van der Waals surface area (Å²) in [7, 11) is 1.83. The lowest BCUT2D eigenvalue weighted by Gasteiger charge is -2.20. The van der Waals surface area contributed by atoms with Crippen molar-refractivity contribution in [1.82, 2.24) is 9.88 Å². The molecule has 102 valence electrons. The summed E-state index contributed by atoms with van der Waals surface area (Å²) in [6.07, 6.45) is 4.51. The van der Waals surface area contributed by atoms with Crippen LogP contribution in [-0.2, 0) is 0 Å². The maximum atomic E-state index is 12.4. The predicted octanol–water partition coefficient (Wildman–Crippen LogP) is 3.00. The second-order valence-electron chi connectivity index (χ2n) is 4.92. The number of carbonyl (C=O) groups is 1. The summed E-state index contributed by atoms with van der Waals surface area (Å²) in [4.78, 5) is 18.9. The Hall–Kier alpha value is -1.62. The van der Waals surface area contributed by atoms with Gasteiger partial charge in [0.2, 0.25) is 0 Å². The molecule has 1 amide bonds. The summed E-state index contributed by atoms with van der Waals surface area (Å²) in [6.45, 7) is 5.02. The first-order valence-electron chi connectivity index (χ1n) is 6.42. The number of anilines is 1. The third kappa shape index (κ3) is 2.71. The molecule has 19 heavy (non-hydrogen) atoms. The van der Waals surface area contributed by atoms with Crippen molar-refractivity contribution in [2.75, 3.05) is 19.3 Å². The second-order valence-corrected chi connectivity index (χ2v) is 5.97. The fourth-order valence-corrected chi connectivity index (χ4v) is 3.07. The van der Waals surface area contributed by atoms with E-state index in [1.807, 2.05) is 13.1 Å². The molecule has 2 aromatic heterocycles. The fourth-order valence-electron chi connectivity index (χ4n) is 1.98. The summed E-state index contributed by atoms with van der Waals surface area (Å²) < 4.78 is 0.959. The van der Waals surface area contributed by atoms with E-state index in [1.165, 1.54) is 11.3 Å². The number of thiophene rings is 1. The highest BCUT2D eigenvalue weighted by Crippen LogP contribution is 2.33. The summed E-state index contributed by atoms with van der Waals surface area (Å²) in [5.41, 5.74) is 6.65. The number of carbonyl (C=O) groups excluding carboxylic acids is 1. The van der Waals surface area contributed by atoms with Crippen LogP contribution < -0.4 is 5.73 Å². The van der Waals surface area contributed by atoms with Gasteiger partial charge in [-0.05, 0) is 12.0 Å². The van der Waals surface area contributed by atoms with Crippen LogP contribution in [0.25, 0.3) is 10.1 Å². The summed E-state index contributed by atoms with van der Waals surface area (Å²) >= 11 is 1.42. The molecule has 0 bridgehead atoms. The van der Waals surface area contributed by atoms with E-state index < -0.39 is 0 Å². The van der Waals surface area contributed by atoms with Crippen molar-refractivity contribution in [2.24, 2.45) is 5.92 Å². The van der Waals surface area contributed by atoms with Gasteiger partial charge < -0.3 is 10.6 Å². The fraction of sp³-hybridized carbons (Fsp3) is 0.429. The Bertz CT molecular complexity index is 593. The molecule has 1 unspecified atom stereocenters. The highest BCUT2D eigenvalue weighted by molar-refractivity contribution is 7.21. The Morgan fingerprint density at radius 1 is 1.58 bits per heavy atom. The molecule has 5 heteroatoms. The highest BCUT2D eigenvalue weighted by atomic mass is 32.1. The van der Waals surface area contributed by atoms with Crippen LogP contribution in [0.4, 0.5) is 5.69 Å². The van der Waals surface area contributed by atoms with Crippen LogP contribution in [-0.4, -0.2) is 29.4 Å². The van der Waals surface area contributed by atoms with Gasteiger partial charge in [-0.3, -0.25) is 9.78 Å². The highest BCUT2D eigenvalue weighted by Gasteiger charge is 2.20. The monoisotopic (exact) mass is 277 g/mol. The Kier molecular flexibility index (Phi) is 4.04. The van der Waals surface area contributed by atoms with Gasteiger partial charge in [-0.1, -0.05) is 20.3 Å². The molecule has 0 aliphatic rings. The number of hydrogen-bond donors (Lipinski definition) is 1. The lowest BCUT2D eigenvalue weighted by atomic mass is 10.1. The lowest BCUT2D eigenvalue weighted by molar-refractivity contribution is 0.0780. The third-order valence-electron chi connectivity index (χ3n) is 3.35. The number of pyridine rings is 1. The van der Waals surface area contributed by atoms with Crippen LogP contribution in [0.1, 0.15) is 29.9 Å². The molecule has 4 nitrogen and oxygen atoms in total. The van der Waals surface area contributed by atoms with Gasteiger partial charge in [0.15, 0.2) is 0 Å². The summed E-state index contributed by atoms with van der Waals surface area (Å²) in [5.74, 6) is 0.491. The molecule has 2 aromatic rings. The maximum Gasteiger partial charge on any atom is 0.265 e. The Morgan fingerprint density at radius 3 is 2.95 bits per heavy atom. The third-order valence-corrected chi connectivity index (χ3v) is 4.50. The van der Waals surface area contributed by atoms with Gasteiger partial charge in [0.25, 0.3) is 5.91 Å². The average molecular weight is 277 g/mol. The van der Waals surface area contributed by atoms with Crippen LogP contribution in [0.3, 0.4) is 0 Å². The number of amides is 1. The van der Waals surface area contributed by atoms with E-state index in [9.17, 15) is 4.79 Å². The standard InChI is InChI=1S/C14H19N3OS/c1-4-9(2)8-17(3)14(18)13-12(15)10-5-6-16-7-11(10)19-13/h5-7,9H,4,8,15H2,1-3H3. The van der Waals surface area contributed by atoms with E-state index in [0.717, 1.165) is 23.1 Å². The number of nitrogens with zero attached hydrogens (tertiary/aromatic N) is 2. The minimum Gasteiger partial charge on any atom is -0.397 e. The Morgan fingerprint density at radius 2 is 2.32 bits per heavy atom. The van der Waals surface area contributed by atoms with Crippen LogP contribution >= 0.6 is 11.3 Å². The molecule has 2 heterocycles. The largest absolute Gasteiger partial charge is 0.397 e. The van der Waals surface area contributed by atoms with Gasteiger partial charge in [-0.25, -0.2) is 0 Å². The topological polar surface area (TPSA) is 59.2 Å².